The predicted molar refractivity (Wildman–Crippen MR) is 83.6 cm³/mol. The Kier molecular flexibility index (Phi) is 5.01. The lowest BCUT2D eigenvalue weighted by Crippen LogP contribution is -2.13. The molecule has 20 heavy (non-hydrogen) atoms. The summed E-state index contributed by atoms with van der Waals surface area (Å²) in [4.78, 5) is 3.96. The van der Waals surface area contributed by atoms with Crippen molar-refractivity contribution in [3.05, 3.63) is 52.8 Å². The van der Waals surface area contributed by atoms with Crippen molar-refractivity contribution in [1.82, 2.24) is 4.98 Å². The summed E-state index contributed by atoms with van der Waals surface area (Å²) in [6.45, 7) is 0. The van der Waals surface area contributed by atoms with Crippen molar-refractivity contribution < 1.29 is 8.42 Å². The van der Waals surface area contributed by atoms with Crippen molar-refractivity contribution in [2.75, 3.05) is 10.6 Å². The number of hydrogen-bond acceptors (Lipinski definition) is 3. The van der Waals surface area contributed by atoms with Gasteiger partial charge < -0.3 is 0 Å². The van der Waals surface area contributed by atoms with Gasteiger partial charge in [0, 0.05) is 28.4 Å². The van der Waals surface area contributed by atoms with E-state index in [0.717, 1.165) is 12.0 Å². The summed E-state index contributed by atoms with van der Waals surface area (Å²) in [6.07, 6.45) is 3.58. The number of hydrogen-bond donors (Lipinski definition) is 1. The molecular weight excluding hydrogens is 364 g/mol. The number of nitrogens with one attached hydrogen (secondary N) is 1. The number of sulfonamides is 1. The van der Waals surface area contributed by atoms with Crippen molar-refractivity contribution in [2.24, 2.45) is 0 Å². The molecule has 0 aliphatic carbocycles. The Morgan fingerprint density at radius 2 is 1.90 bits per heavy atom. The van der Waals surface area contributed by atoms with E-state index >= 15 is 0 Å². The van der Waals surface area contributed by atoms with Crippen LogP contribution in [0.15, 0.2) is 52.1 Å². The van der Waals surface area contributed by atoms with Crippen LogP contribution in [-0.4, -0.2) is 19.3 Å². The van der Waals surface area contributed by atoms with Crippen LogP contribution in [0.1, 0.15) is 5.56 Å². The maximum Gasteiger partial charge on any atom is 0.263 e. The molecule has 7 heteroatoms. The summed E-state index contributed by atoms with van der Waals surface area (Å²) in [5.41, 5.74) is 1.57. The van der Waals surface area contributed by atoms with Gasteiger partial charge in [-0.1, -0.05) is 12.1 Å². The highest BCUT2D eigenvalue weighted by atomic mass is 79.9. The van der Waals surface area contributed by atoms with E-state index in [1.54, 1.807) is 12.1 Å². The van der Waals surface area contributed by atoms with E-state index in [4.69, 9.17) is 11.6 Å². The molecule has 4 nitrogen and oxygen atoms in total. The predicted octanol–water partition coefficient (Wildman–Crippen LogP) is 3.43. The highest BCUT2D eigenvalue weighted by Crippen LogP contribution is 2.19. The van der Waals surface area contributed by atoms with Gasteiger partial charge in [-0.3, -0.25) is 9.71 Å². The van der Waals surface area contributed by atoms with Crippen LogP contribution in [0.5, 0.6) is 0 Å². The lowest BCUT2D eigenvalue weighted by molar-refractivity contribution is 0.600. The third kappa shape index (κ3) is 3.94. The van der Waals surface area contributed by atoms with E-state index in [1.807, 2.05) is 12.1 Å². The smallest absolute Gasteiger partial charge is 0.263 e. The van der Waals surface area contributed by atoms with E-state index in [0.29, 0.717) is 16.0 Å². The van der Waals surface area contributed by atoms with Gasteiger partial charge in [0.25, 0.3) is 10.0 Å². The molecule has 0 amide bonds. The van der Waals surface area contributed by atoms with Crippen LogP contribution in [0.3, 0.4) is 0 Å². The number of aryl methyl sites for hydroxylation is 1. The van der Waals surface area contributed by atoms with Crippen molar-refractivity contribution in [1.29, 1.82) is 0 Å². The highest BCUT2D eigenvalue weighted by Gasteiger charge is 2.14. The largest absolute Gasteiger partial charge is 0.280 e. The van der Waals surface area contributed by atoms with Gasteiger partial charge in [-0.2, -0.15) is 0 Å². The van der Waals surface area contributed by atoms with Crippen molar-refractivity contribution in [3.63, 3.8) is 0 Å². The van der Waals surface area contributed by atoms with E-state index < -0.39 is 10.0 Å². The Morgan fingerprint density at radius 1 is 1.20 bits per heavy atom. The van der Waals surface area contributed by atoms with E-state index in [-0.39, 0.29) is 4.90 Å². The zero-order chi connectivity index (χ0) is 14.6. The third-order valence-corrected chi connectivity index (χ3v) is 4.55. The molecule has 0 saturated heterocycles. The molecule has 0 aliphatic heterocycles. The summed E-state index contributed by atoms with van der Waals surface area (Å²) < 4.78 is 27.5. The Labute approximate surface area is 131 Å². The van der Waals surface area contributed by atoms with E-state index in [9.17, 15) is 8.42 Å². The van der Waals surface area contributed by atoms with E-state index in [1.165, 1.54) is 18.5 Å². The number of alkyl halides is 1. The van der Waals surface area contributed by atoms with Crippen LogP contribution in [0.4, 0.5) is 5.69 Å². The first-order chi connectivity index (χ1) is 9.51. The molecule has 2 aromatic rings. The minimum Gasteiger partial charge on any atom is -0.280 e. The minimum atomic E-state index is -3.63. The molecular formula is C13H12BrClN2O2S. The van der Waals surface area contributed by atoms with Crippen LogP contribution < -0.4 is 4.72 Å². The maximum atomic E-state index is 12.2. The van der Waals surface area contributed by atoms with Crippen molar-refractivity contribution in [3.8, 4) is 0 Å². The Morgan fingerprint density at radius 3 is 2.50 bits per heavy atom. The van der Waals surface area contributed by atoms with Gasteiger partial charge in [-0.05, 0) is 46.1 Å². The SMILES string of the molecule is O=S(=O)(Nc1ccc(CCCl)cc1)c1cncc(Br)c1. The summed E-state index contributed by atoms with van der Waals surface area (Å²) in [5, 5.41) is 0. The average Bonchev–Trinajstić information content (AvgIpc) is 2.41. The molecule has 0 fully saturated rings. The molecule has 1 N–H and O–H groups in total. The number of rotatable bonds is 5. The van der Waals surface area contributed by atoms with Crippen molar-refractivity contribution >= 4 is 43.2 Å². The third-order valence-electron chi connectivity index (χ3n) is 2.58. The van der Waals surface area contributed by atoms with Crippen LogP contribution in [0.2, 0.25) is 0 Å². The molecule has 0 atom stereocenters. The number of aromatic nitrogens is 1. The molecule has 0 radical (unpaired) electrons. The molecule has 0 unspecified atom stereocenters. The maximum absolute atomic E-state index is 12.2. The fourth-order valence-corrected chi connectivity index (χ4v) is 3.38. The van der Waals surface area contributed by atoms with Gasteiger partial charge >= 0.3 is 0 Å². The molecule has 1 aromatic carbocycles. The monoisotopic (exact) mass is 374 g/mol. The number of halogens is 2. The topological polar surface area (TPSA) is 59.1 Å². The fourth-order valence-electron chi connectivity index (χ4n) is 1.60. The second-order valence-corrected chi connectivity index (χ2v) is 7.06. The molecule has 2 rings (SSSR count). The van der Waals surface area contributed by atoms with Gasteiger partial charge in [0.2, 0.25) is 0 Å². The number of benzene rings is 1. The highest BCUT2D eigenvalue weighted by molar-refractivity contribution is 9.10. The van der Waals surface area contributed by atoms with Gasteiger partial charge in [0.05, 0.1) is 0 Å². The molecule has 0 bridgehead atoms. The van der Waals surface area contributed by atoms with Gasteiger partial charge in [0.1, 0.15) is 4.90 Å². The van der Waals surface area contributed by atoms with Crippen LogP contribution >= 0.6 is 27.5 Å². The lowest BCUT2D eigenvalue weighted by Gasteiger charge is -2.08. The van der Waals surface area contributed by atoms with Gasteiger partial charge in [-0.25, -0.2) is 8.42 Å². The van der Waals surface area contributed by atoms with Crippen LogP contribution in [0.25, 0.3) is 0 Å². The summed E-state index contributed by atoms with van der Waals surface area (Å²) >= 11 is 8.85. The minimum absolute atomic E-state index is 0.108. The first-order valence-electron chi connectivity index (χ1n) is 5.79. The summed E-state index contributed by atoms with van der Waals surface area (Å²) in [6, 6.07) is 8.62. The Bertz CT molecular complexity index is 690. The summed E-state index contributed by atoms with van der Waals surface area (Å²) in [7, 11) is -3.63. The second-order valence-electron chi connectivity index (χ2n) is 4.08. The molecule has 106 valence electrons. The Balaban J connectivity index is 2.20. The first-order valence-corrected chi connectivity index (χ1v) is 8.60. The second kappa shape index (κ2) is 6.56. The molecule has 1 aromatic heterocycles. The van der Waals surface area contributed by atoms with Crippen LogP contribution in [-0.2, 0) is 16.4 Å². The Hall–Kier alpha value is -1.11. The standard InChI is InChI=1S/C13H12BrClN2O2S/c14-11-7-13(9-16-8-11)20(18,19)17-12-3-1-10(2-4-12)5-6-15/h1-4,7-9,17H,5-6H2. The quantitative estimate of drug-likeness (QED) is 0.815. The zero-order valence-electron chi connectivity index (χ0n) is 10.4. The normalized spacial score (nSPS) is 11.3. The van der Waals surface area contributed by atoms with Gasteiger partial charge in [-0.15, -0.1) is 11.6 Å². The number of pyridine rings is 1. The fraction of sp³-hybridized carbons (Fsp3) is 0.154. The summed E-state index contributed by atoms with van der Waals surface area (Å²) in [5.74, 6) is 0.536. The molecule has 0 aliphatic rings. The number of anilines is 1. The lowest BCUT2D eigenvalue weighted by atomic mass is 10.2. The first kappa shape index (κ1) is 15.3. The van der Waals surface area contributed by atoms with E-state index in [2.05, 4.69) is 25.6 Å². The molecule has 1 heterocycles. The van der Waals surface area contributed by atoms with Crippen molar-refractivity contribution in [2.45, 2.75) is 11.3 Å². The van der Waals surface area contributed by atoms with Crippen LogP contribution in [0, 0.1) is 0 Å². The molecule has 0 spiro atoms. The number of nitrogens with zero attached hydrogens (tertiary/aromatic N) is 1. The average molecular weight is 376 g/mol. The van der Waals surface area contributed by atoms with Gasteiger partial charge in [0.15, 0.2) is 0 Å². The molecule has 0 saturated carbocycles. The zero-order valence-corrected chi connectivity index (χ0v) is 13.5.